The molecular formula is C13H15BrN4O2S. The number of hydrogen-bond donors (Lipinski definition) is 2. The quantitative estimate of drug-likeness (QED) is 0.800. The van der Waals surface area contributed by atoms with Gasteiger partial charge in [-0.05, 0) is 43.4 Å². The number of aromatic nitrogens is 3. The molecule has 8 heteroatoms. The van der Waals surface area contributed by atoms with Crippen LogP contribution in [0.1, 0.15) is 18.5 Å². The molecule has 0 aliphatic rings. The molecule has 1 atom stereocenters. The van der Waals surface area contributed by atoms with Crippen molar-refractivity contribution < 1.29 is 0 Å². The SMILES string of the molecule is CNC(C)c1ccc(Br)cc1Sc1nc(=O)c(=O)[nH]n1C. The lowest BCUT2D eigenvalue weighted by molar-refractivity contribution is 0.595. The van der Waals surface area contributed by atoms with Crippen LogP contribution in [0.15, 0.2) is 42.3 Å². The summed E-state index contributed by atoms with van der Waals surface area (Å²) in [4.78, 5) is 27.4. The molecule has 0 amide bonds. The predicted octanol–water partition coefficient (Wildman–Crippen LogP) is 1.66. The van der Waals surface area contributed by atoms with E-state index in [-0.39, 0.29) is 6.04 Å². The van der Waals surface area contributed by atoms with Gasteiger partial charge in [-0.25, -0.2) is 0 Å². The van der Waals surface area contributed by atoms with Crippen LogP contribution < -0.4 is 16.4 Å². The number of aromatic amines is 1. The zero-order valence-corrected chi connectivity index (χ0v) is 14.2. The largest absolute Gasteiger partial charge is 0.339 e. The zero-order chi connectivity index (χ0) is 15.6. The molecule has 0 aliphatic carbocycles. The van der Waals surface area contributed by atoms with Crippen LogP contribution in [0, 0.1) is 0 Å². The molecule has 0 aliphatic heterocycles. The zero-order valence-electron chi connectivity index (χ0n) is 11.8. The van der Waals surface area contributed by atoms with Crippen molar-refractivity contribution in [3.8, 4) is 0 Å². The third kappa shape index (κ3) is 3.63. The Balaban J connectivity index is 2.48. The Hall–Kier alpha value is -1.38. The van der Waals surface area contributed by atoms with Crippen LogP contribution in [0.25, 0.3) is 0 Å². The number of hydrogen-bond acceptors (Lipinski definition) is 5. The lowest BCUT2D eigenvalue weighted by Gasteiger charge is -2.16. The number of halogens is 1. The fraction of sp³-hybridized carbons (Fsp3) is 0.308. The molecule has 1 unspecified atom stereocenters. The van der Waals surface area contributed by atoms with Crippen molar-refractivity contribution in [2.75, 3.05) is 7.05 Å². The molecule has 1 heterocycles. The van der Waals surface area contributed by atoms with E-state index in [1.54, 1.807) is 7.05 Å². The van der Waals surface area contributed by atoms with Gasteiger partial charge in [0.25, 0.3) is 0 Å². The van der Waals surface area contributed by atoms with E-state index < -0.39 is 11.1 Å². The van der Waals surface area contributed by atoms with Crippen LogP contribution in [0.5, 0.6) is 0 Å². The molecule has 2 aromatic rings. The monoisotopic (exact) mass is 370 g/mol. The smallest absolute Gasteiger partial charge is 0.313 e. The molecule has 21 heavy (non-hydrogen) atoms. The lowest BCUT2D eigenvalue weighted by Crippen LogP contribution is -2.33. The summed E-state index contributed by atoms with van der Waals surface area (Å²) < 4.78 is 2.38. The number of aryl methyl sites for hydroxylation is 1. The Bertz CT molecular complexity index is 771. The standard InChI is InChI=1S/C13H15BrN4O2S/c1-7(15-2)9-5-4-8(14)6-10(9)21-13-16-11(19)12(20)17-18(13)3/h4-7,15H,1-3H3,(H,17,20). The highest BCUT2D eigenvalue weighted by atomic mass is 79.9. The fourth-order valence-electron chi connectivity index (χ4n) is 1.76. The summed E-state index contributed by atoms with van der Waals surface area (Å²) in [5, 5.41) is 6.06. The number of H-pyrrole nitrogens is 1. The average Bonchev–Trinajstić information content (AvgIpc) is 2.44. The summed E-state index contributed by atoms with van der Waals surface area (Å²) in [5.41, 5.74) is -0.417. The second-order valence-electron chi connectivity index (χ2n) is 4.49. The molecule has 0 saturated heterocycles. The summed E-state index contributed by atoms with van der Waals surface area (Å²) in [6, 6.07) is 6.09. The minimum absolute atomic E-state index is 0.153. The van der Waals surface area contributed by atoms with E-state index in [0.717, 1.165) is 14.9 Å². The minimum atomic E-state index is -0.784. The molecule has 2 N–H and O–H groups in total. The van der Waals surface area contributed by atoms with Crippen LogP contribution in [0.4, 0.5) is 0 Å². The first-order chi connectivity index (χ1) is 9.92. The van der Waals surface area contributed by atoms with E-state index >= 15 is 0 Å². The minimum Gasteiger partial charge on any atom is -0.313 e. The van der Waals surface area contributed by atoms with Crippen molar-refractivity contribution in [1.29, 1.82) is 0 Å². The van der Waals surface area contributed by atoms with Gasteiger partial charge in [-0.1, -0.05) is 22.0 Å². The Kier molecular flexibility index (Phi) is 5.02. The van der Waals surface area contributed by atoms with Gasteiger partial charge in [0, 0.05) is 22.5 Å². The van der Waals surface area contributed by atoms with E-state index in [2.05, 4.69) is 31.3 Å². The summed E-state index contributed by atoms with van der Waals surface area (Å²) in [5.74, 6) is 0. The van der Waals surface area contributed by atoms with E-state index in [4.69, 9.17) is 0 Å². The third-order valence-corrected chi connectivity index (χ3v) is 4.64. The van der Waals surface area contributed by atoms with Crippen molar-refractivity contribution in [2.45, 2.75) is 23.0 Å². The van der Waals surface area contributed by atoms with Crippen LogP contribution >= 0.6 is 27.7 Å². The number of rotatable bonds is 4. The first-order valence-electron chi connectivity index (χ1n) is 6.24. The van der Waals surface area contributed by atoms with Gasteiger partial charge in [0.1, 0.15) is 0 Å². The van der Waals surface area contributed by atoms with Gasteiger partial charge in [-0.2, -0.15) is 4.98 Å². The molecule has 2 rings (SSSR count). The lowest BCUT2D eigenvalue weighted by atomic mass is 10.1. The molecule has 1 aromatic heterocycles. The second kappa shape index (κ2) is 6.59. The summed E-state index contributed by atoms with van der Waals surface area (Å²) in [6.07, 6.45) is 0. The van der Waals surface area contributed by atoms with Crippen LogP contribution in [-0.4, -0.2) is 21.8 Å². The Morgan fingerprint density at radius 2 is 2.14 bits per heavy atom. The third-order valence-electron chi connectivity index (χ3n) is 3.02. The summed E-state index contributed by atoms with van der Waals surface area (Å²) in [6.45, 7) is 2.05. The van der Waals surface area contributed by atoms with Gasteiger partial charge in [0.2, 0.25) is 0 Å². The van der Waals surface area contributed by atoms with E-state index in [0.29, 0.717) is 5.16 Å². The molecule has 112 valence electrons. The van der Waals surface area contributed by atoms with Crippen molar-refractivity contribution in [3.63, 3.8) is 0 Å². The Morgan fingerprint density at radius 3 is 2.81 bits per heavy atom. The molecular weight excluding hydrogens is 356 g/mol. The Morgan fingerprint density at radius 1 is 1.43 bits per heavy atom. The predicted molar refractivity (Wildman–Crippen MR) is 85.8 cm³/mol. The van der Waals surface area contributed by atoms with Crippen molar-refractivity contribution in [2.24, 2.45) is 7.05 Å². The maximum atomic E-state index is 11.4. The topological polar surface area (TPSA) is 79.8 Å². The molecule has 0 fully saturated rings. The maximum absolute atomic E-state index is 11.4. The number of benzene rings is 1. The highest BCUT2D eigenvalue weighted by molar-refractivity contribution is 9.10. The summed E-state index contributed by atoms with van der Waals surface area (Å²) >= 11 is 4.78. The molecule has 0 radical (unpaired) electrons. The average molecular weight is 371 g/mol. The van der Waals surface area contributed by atoms with Crippen molar-refractivity contribution in [3.05, 3.63) is 48.9 Å². The highest BCUT2D eigenvalue weighted by Gasteiger charge is 2.13. The molecule has 0 bridgehead atoms. The molecule has 6 nitrogen and oxygen atoms in total. The van der Waals surface area contributed by atoms with Gasteiger partial charge in [0.05, 0.1) is 0 Å². The first-order valence-corrected chi connectivity index (χ1v) is 7.85. The summed E-state index contributed by atoms with van der Waals surface area (Å²) in [7, 11) is 3.53. The van der Waals surface area contributed by atoms with Gasteiger partial charge < -0.3 is 5.32 Å². The normalized spacial score (nSPS) is 12.4. The van der Waals surface area contributed by atoms with Crippen LogP contribution in [-0.2, 0) is 7.05 Å². The van der Waals surface area contributed by atoms with Crippen LogP contribution in [0.2, 0.25) is 0 Å². The molecule has 0 saturated carbocycles. The van der Waals surface area contributed by atoms with Crippen molar-refractivity contribution >= 4 is 27.7 Å². The van der Waals surface area contributed by atoms with Gasteiger partial charge in [-0.3, -0.25) is 19.4 Å². The highest BCUT2D eigenvalue weighted by Crippen LogP contribution is 2.33. The second-order valence-corrected chi connectivity index (χ2v) is 6.42. The first kappa shape index (κ1) is 16.0. The van der Waals surface area contributed by atoms with Crippen LogP contribution in [0.3, 0.4) is 0 Å². The maximum Gasteiger partial charge on any atom is 0.339 e. The van der Waals surface area contributed by atoms with Gasteiger partial charge >= 0.3 is 11.1 Å². The van der Waals surface area contributed by atoms with E-state index in [1.165, 1.54) is 16.4 Å². The Labute approximate surface area is 134 Å². The molecule has 0 spiro atoms. The van der Waals surface area contributed by atoms with Crippen molar-refractivity contribution in [1.82, 2.24) is 20.1 Å². The number of nitrogens with zero attached hydrogens (tertiary/aromatic N) is 2. The van der Waals surface area contributed by atoms with E-state index in [1.807, 2.05) is 32.2 Å². The van der Waals surface area contributed by atoms with Gasteiger partial charge in [-0.15, -0.1) is 0 Å². The van der Waals surface area contributed by atoms with E-state index in [9.17, 15) is 9.59 Å². The van der Waals surface area contributed by atoms with Gasteiger partial charge in [0.15, 0.2) is 5.16 Å². The number of nitrogens with one attached hydrogen (secondary N) is 2. The fourth-order valence-corrected chi connectivity index (χ4v) is 3.33. The molecule has 1 aromatic carbocycles.